The fourth-order valence-corrected chi connectivity index (χ4v) is 46.0. The molecule has 0 aliphatic rings. The molecule has 0 spiro atoms. The van der Waals surface area contributed by atoms with Crippen molar-refractivity contribution in [2.75, 3.05) is 0 Å². The van der Waals surface area contributed by atoms with Crippen LogP contribution in [-0.4, -0.2) is 98.3 Å². The molecule has 93 heavy (non-hydrogen) atoms. The van der Waals surface area contributed by atoms with Crippen LogP contribution in [0, 0.1) is 0 Å². The normalized spacial score (nSPS) is 12.8. The van der Waals surface area contributed by atoms with Gasteiger partial charge in [-0.3, -0.25) is 0 Å². The van der Waals surface area contributed by atoms with E-state index in [2.05, 4.69) is 430 Å². The van der Waals surface area contributed by atoms with Gasteiger partial charge in [-0.05, 0) is 249 Å². The van der Waals surface area contributed by atoms with Gasteiger partial charge in [0.2, 0.25) is 0 Å². The summed E-state index contributed by atoms with van der Waals surface area (Å²) in [6.07, 6.45) is 0. The molecule has 0 amide bonds. The van der Waals surface area contributed by atoms with Crippen LogP contribution >= 0.6 is 46.8 Å². The Kier molecular flexibility index (Phi) is 43.2. The Balaban J connectivity index is -0.00000104. The molecule has 6 aromatic heterocycles. The Hall–Kier alpha value is 1.13. The quantitative estimate of drug-likeness (QED) is 0.146. The van der Waals surface area contributed by atoms with E-state index in [0.717, 1.165) is 0 Å². The molecular formula is C78H144B6P6Pt3+6. The minimum absolute atomic E-state index is 0. The van der Waals surface area contributed by atoms with Gasteiger partial charge in [0, 0.05) is 61.9 Å². The summed E-state index contributed by atoms with van der Waals surface area (Å²) in [4.78, 5) is 0. The third-order valence-corrected chi connectivity index (χ3v) is 42.6. The smallest absolute Gasteiger partial charge is 0.218 e. The molecule has 0 saturated carbocycles. The fourth-order valence-electron chi connectivity index (χ4n) is 16.9. The number of rotatable bonds is 6. The van der Waals surface area contributed by atoms with E-state index >= 15 is 0 Å². The zero-order valence-electron chi connectivity index (χ0n) is 66.7. The van der Waals surface area contributed by atoms with Gasteiger partial charge in [-0.2, -0.15) is 46.8 Å². The molecule has 0 atom stereocenters. The first kappa shape index (κ1) is 98.3. The molecule has 0 fully saturated rings. The molecular weight excluding hydrogens is 1770 g/mol. The monoisotopic (exact) mass is 1920 g/mol. The molecule has 0 unspecified atom stereocenters. The van der Waals surface area contributed by atoms with Crippen LogP contribution in [0.15, 0.2) is 181 Å². The molecule has 528 valence electrons. The molecule has 6 heterocycles. The van der Waals surface area contributed by atoms with Crippen LogP contribution in [0.1, 0.15) is 249 Å². The maximum atomic E-state index is 2.40. The van der Waals surface area contributed by atoms with Crippen molar-refractivity contribution >= 4 is 83.2 Å². The maximum Gasteiger partial charge on any atom is 2.00 e. The molecule has 15 heteroatoms. The van der Waals surface area contributed by atoms with Crippen LogP contribution < -0.4 is 0 Å². The van der Waals surface area contributed by atoms with Crippen LogP contribution in [-0.2, 0) is 63.2 Å². The van der Waals surface area contributed by atoms with Crippen molar-refractivity contribution in [1.82, 2.24) is 0 Å². The molecule has 0 aliphatic carbocycles. The summed E-state index contributed by atoms with van der Waals surface area (Å²) >= 11 is 0. The first-order valence-corrected chi connectivity index (χ1v) is 44.2. The van der Waals surface area contributed by atoms with Crippen LogP contribution in [0.25, 0.3) is 0 Å². The minimum Gasteiger partial charge on any atom is -0.218 e. The molecule has 0 nitrogen and oxygen atoms in total. The Morgan fingerprint density at radius 3 is 0.247 bits per heavy atom. The van der Waals surface area contributed by atoms with E-state index in [-0.39, 0.29) is 63.2 Å². The van der Waals surface area contributed by atoms with Gasteiger partial charge in [-0.25, -0.2) is 71.5 Å². The topological polar surface area (TPSA) is 0 Å². The summed E-state index contributed by atoms with van der Waals surface area (Å²) in [5.41, 5.74) is 0. The van der Waals surface area contributed by atoms with E-state index in [0.29, 0.717) is 98.3 Å². The Labute approximate surface area is 632 Å². The summed E-state index contributed by atoms with van der Waals surface area (Å²) in [5.74, 6) is 28.6. The average molecular weight is 1920 g/mol. The van der Waals surface area contributed by atoms with Gasteiger partial charge in [-0.15, -0.1) is 72.8 Å². The average Bonchev–Trinajstić information content (AvgIpc) is 0.994. The summed E-state index contributed by atoms with van der Waals surface area (Å²) in [6, 6.07) is 43.3. The second-order valence-corrected chi connectivity index (χ2v) is 65.4. The van der Waals surface area contributed by atoms with Gasteiger partial charge >= 0.3 is 63.2 Å². The molecule has 0 saturated heterocycles. The van der Waals surface area contributed by atoms with Crippen molar-refractivity contribution in [3.63, 3.8) is 0 Å². The summed E-state index contributed by atoms with van der Waals surface area (Å²) in [7, 11) is -2.82. The van der Waals surface area contributed by atoms with E-state index < -0.39 is 46.8 Å². The van der Waals surface area contributed by atoms with Crippen LogP contribution in [0.4, 0.5) is 0 Å². The van der Waals surface area contributed by atoms with Crippen LogP contribution in [0.2, 0.25) is 0 Å². The molecule has 0 bridgehead atoms. The molecule has 0 aliphatic heterocycles. The SMILES string of the molecule is CC(C)(C)[PH+]([b-]1ccccc1)C(C)(C)C.CC(C)(C)[PH+]([b-]1ccccc1)C(C)(C)C.CC(C)(C)[PH+]([b-]1ccccc1)C(C)(C)C.CC(C)(C)[PH+]([b-]1ccccc1)C(C)(C)C.CC(C)(C)[PH+]([b-]1ccccc1)C(C)(C)C.CC(C)(C)[PH+]([b-]1ccccc1)C(C)(C)C.[Pt+2].[Pt+2].[Pt+2]. The van der Waals surface area contributed by atoms with E-state index in [1.54, 1.807) is 0 Å². The van der Waals surface area contributed by atoms with E-state index in [9.17, 15) is 0 Å². The molecule has 0 aromatic carbocycles. The largest absolute Gasteiger partial charge is 2.00 e. The van der Waals surface area contributed by atoms with E-state index in [1.807, 2.05) is 0 Å². The van der Waals surface area contributed by atoms with Crippen LogP contribution in [0.5, 0.6) is 0 Å². The van der Waals surface area contributed by atoms with E-state index in [1.165, 1.54) is 0 Å². The standard InChI is InChI=1S/6C13H24BP.3Pt/c6*1-12(2,3)15(13(4,5)6)14-10-8-7-9-11-14;;;/h6*7-11,15H,1-6H3;;;/q;;;;;;3*+2. The second kappa shape index (κ2) is 40.8. The summed E-state index contributed by atoms with van der Waals surface area (Å²) < 4.78 is 0. The zero-order valence-corrected chi connectivity index (χ0v) is 79.5. The van der Waals surface area contributed by atoms with Crippen molar-refractivity contribution < 1.29 is 63.2 Å². The third kappa shape index (κ3) is 36.7. The van der Waals surface area contributed by atoms with Crippen molar-refractivity contribution in [2.24, 2.45) is 0 Å². The van der Waals surface area contributed by atoms with Gasteiger partial charge in [0.05, 0.1) is 36.4 Å². The summed E-state index contributed by atoms with van der Waals surface area (Å²) in [5, 5.41) is 5.33. The third-order valence-electron chi connectivity index (χ3n) is 16.9. The molecule has 0 radical (unpaired) electrons. The van der Waals surface area contributed by atoms with E-state index in [4.69, 9.17) is 0 Å². The Morgan fingerprint density at radius 1 is 0.129 bits per heavy atom. The van der Waals surface area contributed by atoms with Crippen molar-refractivity contribution in [1.29, 1.82) is 0 Å². The molecule has 6 aromatic rings. The van der Waals surface area contributed by atoms with Gasteiger partial charge in [0.25, 0.3) is 0 Å². The van der Waals surface area contributed by atoms with Gasteiger partial charge < -0.3 is 0 Å². The Morgan fingerprint density at radius 2 is 0.194 bits per heavy atom. The van der Waals surface area contributed by atoms with Gasteiger partial charge in [-0.1, -0.05) is 36.4 Å². The van der Waals surface area contributed by atoms with Crippen molar-refractivity contribution in [2.45, 2.75) is 311 Å². The predicted molar refractivity (Wildman–Crippen MR) is 454 cm³/mol. The Bertz CT molecular complexity index is 2290. The predicted octanol–water partition coefficient (Wildman–Crippen LogP) is 25.7. The van der Waals surface area contributed by atoms with Gasteiger partial charge in [0.1, 0.15) is 0 Å². The van der Waals surface area contributed by atoms with Crippen molar-refractivity contribution in [3.05, 3.63) is 181 Å². The second-order valence-electron chi connectivity index (χ2n) is 38.4. The number of hydrogen-bond donors (Lipinski definition) is 0. The first-order valence-electron chi connectivity index (χ1n) is 34.7. The fraction of sp³-hybridized carbons (Fsp3) is 0.615. The molecule has 0 N–H and O–H groups in total. The minimum atomic E-state index is -0.470. The summed E-state index contributed by atoms with van der Waals surface area (Å²) in [6.45, 7) is 86.2. The zero-order chi connectivity index (χ0) is 70.1. The van der Waals surface area contributed by atoms with Gasteiger partial charge in [0.15, 0.2) is 0 Å². The maximum absolute atomic E-state index is 2.40. The number of hydrogen-bond acceptors (Lipinski definition) is 0. The first-order chi connectivity index (χ1) is 40.4. The van der Waals surface area contributed by atoms with Crippen molar-refractivity contribution in [3.8, 4) is 0 Å². The van der Waals surface area contributed by atoms with Crippen LogP contribution in [0.3, 0.4) is 0 Å². The molecule has 6 rings (SSSR count).